The molecule has 0 unspecified atom stereocenters. The van der Waals surface area contributed by atoms with Gasteiger partial charge in [0, 0.05) is 7.05 Å². The number of rotatable bonds is 2. The highest BCUT2D eigenvalue weighted by Crippen LogP contribution is 2.20. The molecule has 7 heteroatoms. The van der Waals surface area contributed by atoms with Crippen molar-refractivity contribution in [3.05, 3.63) is 22.6 Å². The number of hydrogen-bond acceptors (Lipinski definition) is 2. The summed E-state index contributed by atoms with van der Waals surface area (Å²) in [6, 6.07) is 3.03. The molecular weight excluding hydrogens is 279 g/mol. The van der Waals surface area contributed by atoms with E-state index in [4.69, 9.17) is 4.42 Å². The van der Waals surface area contributed by atoms with Crippen molar-refractivity contribution in [2.24, 2.45) is 0 Å². The van der Waals surface area contributed by atoms with E-state index in [9.17, 15) is 18.0 Å². The summed E-state index contributed by atoms with van der Waals surface area (Å²) in [6.07, 6.45) is -4.85. The lowest BCUT2D eigenvalue weighted by Gasteiger charge is -2.16. The van der Waals surface area contributed by atoms with Gasteiger partial charge in [-0.2, -0.15) is 13.2 Å². The first-order valence-electron chi connectivity index (χ1n) is 3.87. The topological polar surface area (TPSA) is 33.5 Å². The molecule has 0 atom stereocenters. The molecule has 15 heavy (non-hydrogen) atoms. The lowest BCUT2D eigenvalue weighted by atomic mass is 10.4. The Bertz CT molecular complexity index is 361. The van der Waals surface area contributed by atoms with Crippen LogP contribution in [0.4, 0.5) is 13.2 Å². The van der Waals surface area contributed by atoms with Gasteiger partial charge in [-0.15, -0.1) is 0 Å². The third-order valence-corrected chi connectivity index (χ3v) is 2.04. The Hall–Kier alpha value is -0.980. The first-order valence-corrected chi connectivity index (χ1v) is 4.66. The van der Waals surface area contributed by atoms with Gasteiger partial charge in [-0.1, -0.05) is 0 Å². The maximum atomic E-state index is 12.0. The second-order valence-electron chi connectivity index (χ2n) is 2.86. The number of nitrogens with zero attached hydrogens (tertiary/aromatic N) is 1. The van der Waals surface area contributed by atoms with Crippen LogP contribution in [0.2, 0.25) is 0 Å². The van der Waals surface area contributed by atoms with Crippen molar-refractivity contribution in [2.75, 3.05) is 7.05 Å². The molecule has 84 valence electrons. The molecule has 0 saturated carbocycles. The molecule has 3 nitrogen and oxygen atoms in total. The Morgan fingerprint density at radius 1 is 1.53 bits per heavy atom. The molecule has 0 aliphatic carbocycles. The second kappa shape index (κ2) is 4.26. The molecule has 1 aromatic rings. The van der Waals surface area contributed by atoms with Gasteiger partial charge in [-0.05, 0) is 28.1 Å². The molecule has 0 aliphatic rings. The molecule has 0 saturated heterocycles. The van der Waals surface area contributed by atoms with Crippen LogP contribution in [-0.2, 0) is 11.3 Å². The number of carbonyl (C=O) groups excluding carboxylic acids is 1. The van der Waals surface area contributed by atoms with Crippen LogP contribution in [-0.4, -0.2) is 24.0 Å². The highest BCUT2D eigenvalue weighted by molar-refractivity contribution is 9.10. The van der Waals surface area contributed by atoms with Crippen LogP contribution < -0.4 is 0 Å². The minimum atomic E-state index is -4.85. The van der Waals surface area contributed by atoms with E-state index in [2.05, 4.69) is 15.9 Å². The molecule has 0 aromatic carbocycles. The maximum Gasteiger partial charge on any atom is 0.471 e. The van der Waals surface area contributed by atoms with E-state index >= 15 is 0 Å². The molecule has 1 amide bonds. The Labute approximate surface area is 92.0 Å². The summed E-state index contributed by atoms with van der Waals surface area (Å²) in [7, 11) is 1.06. The van der Waals surface area contributed by atoms with Crippen molar-refractivity contribution in [1.29, 1.82) is 0 Å². The number of furan rings is 1. The van der Waals surface area contributed by atoms with E-state index in [0.717, 1.165) is 7.05 Å². The number of carbonyl (C=O) groups is 1. The quantitative estimate of drug-likeness (QED) is 0.837. The highest BCUT2D eigenvalue weighted by Gasteiger charge is 2.41. The fraction of sp³-hybridized carbons (Fsp3) is 0.375. The summed E-state index contributed by atoms with van der Waals surface area (Å²) in [5, 5.41) is 0. The van der Waals surface area contributed by atoms with Crippen LogP contribution in [0.5, 0.6) is 0 Å². The lowest BCUT2D eigenvalue weighted by molar-refractivity contribution is -0.184. The molecule has 0 aliphatic heterocycles. The second-order valence-corrected chi connectivity index (χ2v) is 3.65. The van der Waals surface area contributed by atoms with Crippen molar-refractivity contribution in [3.8, 4) is 0 Å². The molecule has 1 aromatic heterocycles. The van der Waals surface area contributed by atoms with Gasteiger partial charge in [0.15, 0.2) is 4.67 Å². The van der Waals surface area contributed by atoms with Crippen LogP contribution in [0, 0.1) is 0 Å². The molecule has 0 radical (unpaired) electrons. The van der Waals surface area contributed by atoms with Gasteiger partial charge in [0.05, 0.1) is 6.54 Å². The zero-order chi connectivity index (χ0) is 11.6. The summed E-state index contributed by atoms with van der Waals surface area (Å²) in [6.45, 7) is -0.218. The van der Waals surface area contributed by atoms with Gasteiger partial charge in [-0.3, -0.25) is 4.79 Å². The van der Waals surface area contributed by atoms with Gasteiger partial charge < -0.3 is 9.32 Å². The fourth-order valence-corrected chi connectivity index (χ4v) is 1.30. The predicted molar refractivity (Wildman–Crippen MR) is 48.9 cm³/mol. The number of amides is 1. The van der Waals surface area contributed by atoms with Crippen molar-refractivity contribution < 1.29 is 22.4 Å². The normalized spacial score (nSPS) is 11.5. The zero-order valence-electron chi connectivity index (χ0n) is 7.64. The zero-order valence-corrected chi connectivity index (χ0v) is 9.22. The summed E-state index contributed by atoms with van der Waals surface area (Å²) in [4.78, 5) is 11.3. The maximum absolute atomic E-state index is 12.0. The minimum Gasteiger partial charge on any atom is -0.452 e. The van der Waals surface area contributed by atoms with Crippen LogP contribution >= 0.6 is 15.9 Å². The molecule has 0 N–H and O–H groups in total. The summed E-state index contributed by atoms with van der Waals surface area (Å²) < 4.78 is 41.3. The molecule has 1 rings (SSSR count). The van der Waals surface area contributed by atoms with Gasteiger partial charge in [0.2, 0.25) is 0 Å². The summed E-state index contributed by atoms with van der Waals surface area (Å²) >= 11 is 3.01. The minimum absolute atomic E-state index is 0.218. The van der Waals surface area contributed by atoms with Gasteiger partial charge in [0.25, 0.3) is 0 Å². The first-order chi connectivity index (χ1) is 6.80. The predicted octanol–water partition coefficient (Wildman–Crippen LogP) is 2.56. The van der Waals surface area contributed by atoms with E-state index in [1.165, 1.54) is 6.07 Å². The monoisotopic (exact) mass is 285 g/mol. The highest BCUT2D eigenvalue weighted by atomic mass is 79.9. The smallest absolute Gasteiger partial charge is 0.452 e. The fourth-order valence-electron chi connectivity index (χ4n) is 0.959. The van der Waals surface area contributed by atoms with Crippen molar-refractivity contribution in [3.63, 3.8) is 0 Å². The van der Waals surface area contributed by atoms with Gasteiger partial charge in [-0.25, -0.2) is 0 Å². The first kappa shape index (κ1) is 12.1. The Morgan fingerprint density at radius 3 is 2.53 bits per heavy atom. The molecular formula is C8H7BrF3NO2. The van der Waals surface area contributed by atoms with Crippen LogP contribution in [0.3, 0.4) is 0 Å². The third-order valence-electron chi connectivity index (χ3n) is 1.61. The Balaban J connectivity index is 2.64. The largest absolute Gasteiger partial charge is 0.471 e. The summed E-state index contributed by atoms with van der Waals surface area (Å²) in [5.74, 6) is -1.61. The van der Waals surface area contributed by atoms with Crippen LogP contribution in [0.25, 0.3) is 0 Å². The number of alkyl halides is 3. The van der Waals surface area contributed by atoms with Crippen LogP contribution in [0.15, 0.2) is 21.2 Å². The van der Waals surface area contributed by atoms with Gasteiger partial charge >= 0.3 is 12.1 Å². The SMILES string of the molecule is CN(Cc1ccc(Br)o1)C(=O)C(F)(F)F. The van der Waals surface area contributed by atoms with E-state index in [-0.39, 0.29) is 12.3 Å². The van der Waals surface area contributed by atoms with E-state index < -0.39 is 12.1 Å². The lowest BCUT2D eigenvalue weighted by Crippen LogP contribution is -2.37. The number of hydrogen-bond donors (Lipinski definition) is 0. The van der Waals surface area contributed by atoms with E-state index in [1.54, 1.807) is 6.07 Å². The molecule has 0 fully saturated rings. The van der Waals surface area contributed by atoms with E-state index in [0.29, 0.717) is 9.57 Å². The molecule has 0 bridgehead atoms. The third kappa shape index (κ3) is 3.26. The van der Waals surface area contributed by atoms with Crippen LogP contribution in [0.1, 0.15) is 5.76 Å². The van der Waals surface area contributed by atoms with E-state index in [1.807, 2.05) is 0 Å². The Morgan fingerprint density at radius 2 is 2.13 bits per heavy atom. The average Bonchev–Trinajstić information content (AvgIpc) is 2.48. The van der Waals surface area contributed by atoms with Crippen molar-refractivity contribution >= 4 is 21.8 Å². The van der Waals surface area contributed by atoms with Crippen molar-refractivity contribution in [1.82, 2.24) is 4.90 Å². The Kier molecular flexibility index (Phi) is 3.43. The average molecular weight is 286 g/mol. The van der Waals surface area contributed by atoms with Gasteiger partial charge in [0.1, 0.15) is 5.76 Å². The number of halogens is 4. The summed E-state index contributed by atoms with van der Waals surface area (Å²) in [5.41, 5.74) is 0. The molecule has 0 spiro atoms. The standard InChI is InChI=1S/C8H7BrF3NO2/c1-13(7(14)8(10,11)12)4-5-2-3-6(9)15-5/h2-3H,4H2,1H3. The van der Waals surface area contributed by atoms with Crippen molar-refractivity contribution in [2.45, 2.75) is 12.7 Å². The molecule has 1 heterocycles.